The van der Waals surface area contributed by atoms with Crippen molar-refractivity contribution >= 4 is 11.8 Å². The molecule has 3 fully saturated rings. The fraction of sp³-hybridized carbons (Fsp3) is 0.333. The van der Waals surface area contributed by atoms with E-state index in [1.807, 2.05) is 9.80 Å². The molecule has 3 saturated heterocycles. The highest BCUT2D eigenvalue weighted by Crippen LogP contribution is 2.30. The van der Waals surface area contributed by atoms with E-state index in [2.05, 4.69) is 11.1 Å². The van der Waals surface area contributed by atoms with E-state index in [9.17, 15) is 9.59 Å². The highest BCUT2D eigenvalue weighted by Gasteiger charge is 2.39. The maximum absolute atomic E-state index is 13.0. The molecule has 1 aromatic heterocycles. The summed E-state index contributed by atoms with van der Waals surface area (Å²) in [6.07, 6.45) is 5.18. The number of pyridine rings is 1. The lowest BCUT2D eigenvalue weighted by Crippen LogP contribution is -2.47. The smallest absolute Gasteiger partial charge is 0.255 e. The van der Waals surface area contributed by atoms with Crippen molar-refractivity contribution in [1.82, 2.24) is 14.8 Å². The molecule has 0 N–H and O–H groups in total. The Labute approximate surface area is 158 Å². The number of aromatic nitrogens is 1. The first-order valence-corrected chi connectivity index (χ1v) is 9.16. The fourth-order valence-electron chi connectivity index (χ4n) is 4.02. The van der Waals surface area contributed by atoms with Crippen molar-refractivity contribution in [2.75, 3.05) is 19.6 Å². The number of carbonyl (C=O) groups is 2. The zero-order chi connectivity index (χ0) is 18.8. The first-order chi connectivity index (χ1) is 13.2. The van der Waals surface area contributed by atoms with Crippen molar-refractivity contribution in [3.05, 3.63) is 65.5 Å². The molecule has 1 aromatic carbocycles. The number of nitriles is 1. The van der Waals surface area contributed by atoms with Gasteiger partial charge in [-0.15, -0.1) is 0 Å². The summed E-state index contributed by atoms with van der Waals surface area (Å²) in [7, 11) is 0. The van der Waals surface area contributed by atoms with Gasteiger partial charge in [0.05, 0.1) is 17.2 Å². The molecule has 2 aromatic rings. The highest BCUT2D eigenvalue weighted by atomic mass is 16.2. The van der Waals surface area contributed by atoms with Crippen LogP contribution in [-0.2, 0) is 0 Å². The van der Waals surface area contributed by atoms with E-state index in [0.717, 1.165) is 12.8 Å². The molecule has 2 bridgehead atoms. The summed E-state index contributed by atoms with van der Waals surface area (Å²) in [6.45, 7) is 1.88. The van der Waals surface area contributed by atoms with E-state index in [4.69, 9.17) is 5.26 Å². The number of benzene rings is 1. The lowest BCUT2D eigenvalue weighted by molar-refractivity contribution is 0.0574. The second-order valence-electron chi connectivity index (χ2n) is 7.20. The summed E-state index contributed by atoms with van der Waals surface area (Å²) in [5.74, 6) is 0.240. The van der Waals surface area contributed by atoms with Crippen molar-refractivity contribution < 1.29 is 9.59 Å². The van der Waals surface area contributed by atoms with Gasteiger partial charge in [-0.25, -0.2) is 0 Å². The molecule has 0 saturated carbocycles. The van der Waals surface area contributed by atoms with Crippen LogP contribution in [0.2, 0.25) is 0 Å². The minimum absolute atomic E-state index is 0.0207. The molecule has 3 aliphatic heterocycles. The van der Waals surface area contributed by atoms with Crippen LogP contribution in [0.5, 0.6) is 0 Å². The Kier molecular flexibility index (Phi) is 4.59. The van der Waals surface area contributed by atoms with E-state index in [-0.39, 0.29) is 23.8 Å². The molecule has 6 nitrogen and oxygen atoms in total. The van der Waals surface area contributed by atoms with Crippen LogP contribution in [0.3, 0.4) is 0 Å². The van der Waals surface area contributed by atoms with Gasteiger partial charge in [-0.3, -0.25) is 14.6 Å². The summed E-state index contributed by atoms with van der Waals surface area (Å²) < 4.78 is 0. The molecule has 0 spiro atoms. The zero-order valence-electron chi connectivity index (χ0n) is 14.9. The first kappa shape index (κ1) is 17.2. The largest absolute Gasteiger partial charge is 0.336 e. The first-order valence-electron chi connectivity index (χ1n) is 9.16. The van der Waals surface area contributed by atoms with Crippen molar-refractivity contribution in [1.29, 1.82) is 5.26 Å². The molecule has 4 heterocycles. The highest BCUT2D eigenvalue weighted by molar-refractivity contribution is 5.95. The third-order valence-electron chi connectivity index (χ3n) is 5.43. The second kappa shape index (κ2) is 7.20. The molecular weight excluding hydrogens is 340 g/mol. The predicted molar refractivity (Wildman–Crippen MR) is 98.8 cm³/mol. The summed E-state index contributed by atoms with van der Waals surface area (Å²) in [5.41, 5.74) is 1.72. The van der Waals surface area contributed by atoms with E-state index >= 15 is 0 Å². The van der Waals surface area contributed by atoms with Gasteiger partial charge in [-0.2, -0.15) is 5.26 Å². The lowest BCUT2D eigenvalue weighted by Gasteiger charge is -2.36. The van der Waals surface area contributed by atoms with Crippen LogP contribution in [0.25, 0.3) is 0 Å². The van der Waals surface area contributed by atoms with Crippen molar-refractivity contribution in [2.24, 2.45) is 5.92 Å². The van der Waals surface area contributed by atoms with Gasteiger partial charge in [-0.05, 0) is 55.2 Å². The lowest BCUT2D eigenvalue weighted by atomic mass is 9.94. The van der Waals surface area contributed by atoms with Crippen molar-refractivity contribution in [3.8, 4) is 6.07 Å². The third-order valence-corrected chi connectivity index (χ3v) is 5.43. The van der Waals surface area contributed by atoms with Crippen LogP contribution in [-0.4, -0.2) is 52.3 Å². The van der Waals surface area contributed by atoms with Crippen molar-refractivity contribution in [3.63, 3.8) is 0 Å². The van der Waals surface area contributed by atoms with Gasteiger partial charge in [0, 0.05) is 43.6 Å². The van der Waals surface area contributed by atoms with Gasteiger partial charge in [0.2, 0.25) is 0 Å². The number of rotatable bonds is 2. The van der Waals surface area contributed by atoms with Gasteiger partial charge >= 0.3 is 0 Å². The van der Waals surface area contributed by atoms with Gasteiger partial charge < -0.3 is 9.80 Å². The Hall–Kier alpha value is -3.20. The number of fused-ring (bicyclic) bond motifs is 4. The molecule has 0 aliphatic carbocycles. The predicted octanol–water partition coefficient (Wildman–Crippen LogP) is 2.33. The Morgan fingerprint density at radius 1 is 1.00 bits per heavy atom. The topological polar surface area (TPSA) is 77.3 Å². The quantitative estimate of drug-likeness (QED) is 0.823. The fourth-order valence-corrected chi connectivity index (χ4v) is 4.02. The standard InChI is InChI=1S/C21H20N4O2/c22-10-15-3-6-17(7-4-15)21(27)25-13-16-5-8-19(25)14-24(12-16)20(26)18-2-1-9-23-11-18/h1-4,6-7,9,11,16,19H,5,8,12-14H2/t16-,19+/m0/s1. The SMILES string of the molecule is N#Cc1ccc(C(=O)N2C[C@H]3CC[C@@H]2CN(C(=O)c2cccnc2)C3)cc1. The summed E-state index contributed by atoms with van der Waals surface area (Å²) in [6, 6.07) is 12.4. The Bertz CT molecular complexity index is 889. The molecule has 5 rings (SSSR count). The third kappa shape index (κ3) is 3.41. The van der Waals surface area contributed by atoms with E-state index in [1.165, 1.54) is 0 Å². The molecule has 0 radical (unpaired) electrons. The maximum atomic E-state index is 13.0. The average Bonchev–Trinajstić information content (AvgIpc) is 3.05. The molecule has 2 amide bonds. The molecule has 0 unspecified atom stereocenters. The number of piperidine rings is 1. The monoisotopic (exact) mass is 360 g/mol. The number of hydrogen-bond donors (Lipinski definition) is 0. The van der Waals surface area contributed by atoms with Crippen LogP contribution in [0.4, 0.5) is 0 Å². The number of hydrogen-bond acceptors (Lipinski definition) is 4. The van der Waals surface area contributed by atoms with Crippen molar-refractivity contribution in [2.45, 2.75) is 18.9 Å². The van der Waals surface area contributed by atoms with Crippen LogP contribution in [0.15, 0.2) is 48.8 Å². The Morgan fingerprint density at radius 2 is 1.81 bits per heavy atom. The second-order valence-corrected chi connectivity index (χ2v) is 7.20. The number of amides is 2. The molecule has 6 heteroatoms. The van der Waals surface area contributed by atoms with Crippen LogP contribution in [0, 0.1) is 17.2 Å². The minimum atomic E-state index is -0.0233. The molecule has 27 heavy (non-hydrogen) atoms. The minimum Gasteiger partial charge on any atom is -0.336 e. The van der Waals surface area contributed by atoms with Crippen LogP contribution in [0.1, 0.15) is 39.1 Å². The molecule has 136 valence electrons. The zero-order valence-corrected chi connectivity index (χ0v) is 14.9. The van der Waals surface area contributed by atoms with E-state index < -0.39 is 0 Å². The van der Waals surface area contributed by atoms with Gasteiger partial charge in [0.25, 0.3) is 11.8 Å². The molecular formula is C21H20N4O2. The van der Waals surface area contributed by atoms with Gasteiger partial charge in [0.1, 0.15) is 0 Å². The van der Waals surface area contributed by atoms with Gasteiger partial charge in [-0.1, -0.05) is 0 Å². The Morgan fingerprint density at radius 3 is 2.52 bits per heavy atom. The number of carbonyl (C=O) groups excluding carboxylic acids is 2. The molecule has 3 aliphatic rings. The molecule has 2 atom stereocenters. The van der Waals surface area contributed by atoms with E-state index in [0.29, 0.717) is 36.3 Å². The summed E-state index contributed by atoms with van der Waals surface area (Å²) >= 11 is 0. The van der Waals surface area contributed by atoms with Gasteiger partial charge in [0.15, 0.2) is 0 Å². The van der Waals surface area contributed by atoms with Crippen LogP contribution >= 0.6 is 0 Å². The summed E-state index contributed by atoms with van der Waals surface area (Å²) in [5, 5.41) is 8.93. The van der Waals surface area contributed by atoms with E-state index in [1.54, 1.807) is 48.8 Å². The normalized spacial score (nSPS) is 21.4. The average molecular weight is 360 g/mol. The maximum Gasteiger partial charge on any atom is 0.255 e. The Balaban J connectivity index is 1.53. The number of nitrogens with zero attached hydrogens (tertiary/aromatic N) is 4. The summed E-state index contributed by atoms with van der Waals surface area (Å²) in [4.78, 5) is 33.7. The van der Waals surface area contributed by atoms with Crippen LogP contribution < -0.4 is 0 Å².